The van der Waals surface area contributed by atoms with Gasteiger partial charge < -0.3 is 9.84 Å². The molecule has 1 fully saturated rings. The van der Waals surface area contributed by atoms with Crippen molar-refractivity contribution in [1.29, 1.82) is 0 Å². The minimum absolute atomic E-state index is 0.648. The standard InChI is InChI=1S/C9H12O5/c1-4(6(10)11)9(3)5(2)7(12)14-8(9)13/h4-5H,1-3H3,(H,10,11). The summed E-state index contributed by atoms with van der Waals surface area (Å²) in [5.74, 6) is -4.14. The highest BCUT2D eigenvalue weighted by Crippen LogP contribution is 2.42. The first-order valence-corrected chi connectivity index (χ1v) is 4.30. The second-order valence-electron chi connectivity index (χ2n) is 3.77. The van der Waals surface area contributed by atoms with Crippen molar-refractivity contribution in [3.8, 4) is 0 Å². The van der Waals surface area contributed by atoms with E-state index < -0.39 is 35.2 Å². The minimum Gasteiger partial charge on any atom is -0.481 e. The van der Waals surface area contributed by atoms with E-state index in [1.807, 2.05) is 0 Å². The number of hydrogen-bond donors (Lipinski definition) is 1. The third-order valence-electron chi connectivity index (χ3n) is 3.16. The lowest BCUT2D eigenvalue weighted by molar-refractivity contribution is -0.160. The van der Waals surface area contributed by atoms with Gasteiger partial charge in [0.25, 0.3) is 0 Å². The van der Waals surface area contributed by atoms with Crippen molar-refractivity contribution in [3.63, 3.8) is 0 Å². The number of carboxylic acids is 1. The quantitative estimate of drug-likeness (QED) is 0.516. The predicted octanol–water partition coefficient (Wildman–Crippen LogP) is 0.433. The molecule has 1 N–H and O–H groups in total. The summed E-state index contributed by atoms with van der Waals surface area (Å²) in [6.07, 6.45) is 0. The fourth-order valence-corrected chi connectivity index (χ4v) is 1.52. The average Bonchev–Trinajstić information content (AvgIpc) is 2.30. The van der Waals surface area contributed by atoms with Crippen molar-refractivity contribution in [2.75, 3.05) is 0 Å². The zero-order valence-electron chi connectivity index (χ0n) is 8.23. The molecule has 1 heterocycles. The Bertz CT molecular complexity index is 308. The largest absolute Gasteiger partial charge is 0.481 e. The number of ether oxygens (including phenoxy) is 1. The lowest BCUT2D eigenvalue weighted by atomic mass is 9.71. The van der Waals surface area contributed by atoms with Gasteiger partial charge in [-0.05, 0) is 6.92 Å². The Morgan fingerprint density at radius 3 is 2.36 bits per heavy atom. The van der Waals surface area contributed by atoms with Gasteiger partial charge in [-0.2, -0.15) is 0 Å². The lowest BCUT2D eigenvalue weighted by Crippen LogP contribution is -2.39. The van der Waals surface area contributed by atoms with E-state index in [9.17, 15) is 14.4 Å². The van der Waals surface area contributed by atoms with E-state index >= 15 is 0 Å². The maximum Gasteiger partial charge on any atom is 0.321 e. The number of aliphatic carboxylic acids is 1. The molecule has 1 aliphatic rings. The van der Waals surface area contributed by atoms with Crippen LogP contribution in [0.25, 0.3) is 0 Å². The molecule has 1 rings (SSSR count). The fraction of sp³-hybridized carbons (Fsp3) is 0.667. The van der Waals surface area contributed by atoms with Gasteiger partial charge in [0.15, 0.2) is 0 Å². The molecule has 0 aliphatic carbocycles. The zero-order chi connectivity index (χ0) is 11.1. The monoisotopic (exact) mass is 200 g/mol. The molecule has 3 atom stereocenters. The minimum atomic E-state index is -1.25. The Morgan fingerprint density at radius 2 is 2.07 bits per heavy atom. The predicted molar refractivity (Wildman–Crippen MR) is 45.2 cm³/mol. The normalized spacial score (nSPS) is 34.1. The van der Waals surface area contributed by atoms with Crippen molar-refractivity contribution in [2.45, 2.75) is 20.8 Å². The number of cyclic esters (lactones) is 2. The first kappa shape index (κ1) is 10.7. The van der Waals surface area contributed by atoms with Crippen LogP contribution in [-0.4, -0.2) is 23.0 Å². The van der Waals surface area contributed by atoms with Crippen LogP contribution in [-0.2, 0) is 19.1 Å². The van der Waals surface area contributed by atoms with E-state index in [1.54, 1.807) is 0 Å². The third kappa shape index (κ3) is 1.20. The van der Waals surface area contributed by atoms with Crippen LogP contribution in [0.5, 0.6) is 0 Å². The average molecular weight is 200 g/mol. The van der Waals surface area contributed by atoms with Crippen molar-refractivity contribution in [1.82, 2.24) is 0 Å². The Morgan fingerprint density at radius 1 is 1.57 bits per heavy atom. The van der Waals surface area contributed by atoms with Crippen molar-refractivity contribution in [3.05, 3.63) is 0 Å². The van der Waals surface area contributed by atoms with E-state index in [2.05, 4.69) is 4.74 Å². The lowest BCUT2D eigenvalue weighted by Gasteiger charge is -2.26. The third-order valence-corrected chi connectivity index (χ3v) is 3.16. The Hall–Kier alpha value is -1.39. The molecular weight excluding hydrogens is 188 g/mol. The van der Waals surface area contributed by atoms with E-state index in [0.717, 1.165) is 0 Å². The van der Waals surface area contributed by atoms with Crippen LogP contribution in [0.2, 0.25) is 0 Å². The molecule has 0 aromatic rings. The topological polar surface area (TPSA) is 80.7 Å². The van der Waals surface area contributed by atoms with Crippen LogP contribution < -0.4 is 0 Å². The molecule has 14 heavy (non-hydrogen) atoms. The number of esters is 2. The van der Waals surface area contributed by atoms with E-state index in [4.69, 9.17) is 5.11 Å². The summed E-state index contributed by atoms with van der Waals surface area (Å²) in [6, 6.07) is 0. The van der Waals surface area contributed by atoms with E-state index in [1.165, 1.54) is 20.8 Å². The van der Waals surface area contributed by atoms with Crippen molar-refractivity contribution in [2.24, 2.45) is 17.3 Å². The smallest absolute Gasteiger partial charge is 0.321 e. The first-order chi connectivity index (χ1) is 6.31. The van der Waals surface area contributed by atoms with Crippen LogP contribution >= 0.6 is 0 Å². The second kappa shape index (κ2) is 3.08. The zero-order valence-corrected chi connectivity index (χ0v) is 8.23. The molecular formula is C9H12O5. The molecule has 1 aliphatic heterocycles. The van der Waals surface area contributed by atoms with Gasteiger partial charge in [-0.1, -0.05) is 13.8 Å². The molecule has 0 bridgehead atoms. The van der Waals surface area contributed by atoms with Crippen molar-refractivity contribution >= 4 is 17.9 Å². The molecule has 3 unspecified atom stereocenters. The number of rotatable bonds is 2. The maximum atomic E-state index is 11.4. The Kier molecular flexibility index (Phi) is 2.35. The van der Waals surface area contributed by atoms with Gasteiger partial charge in [-0.3, -0.25) is 14.4 Å². The molecule has 5 nitrogen and oxygen atoms in total. The molecule has 1 saturated heterocycles. The second-order valence-corrected chi connectivity index (χ2v) is 3.77. The van der Waals surface area contributed by atoms with Crippen molar-refractivity contribution < 1.29 is 24.2 Å². The summed E-state index contributed by atoms with van der Waals surface area (Å²) in [6.45, 7) is 4.36. The Labute approximate surface area is 81.0 Å². The summed E-state index contributed by atoms with van der Waals surface area (Å²) < 4.78 is 4.42. The summed E-state index contributed by atoms with van der Waals surface area (Å²) >= 11 is 0. The highest BCUT2D eigenvalue weighted by Gasteiger charge is 2.57. The van der Waals surface area contributed by atoms with Gasteiger partial charge >= 0.3 is 17.9 Å². The molecule has 0 aromatic heterocycles. The van der Waals surface area contributed by atoms with Gasteiger partial charge in [-0.25, -0.2) is 0 Å². The maximum absolute atomic E-state index is 11.4. The van der Waals surface area contributed by atoms with Crippen LogP contribution in [0.15, 0.2) is 0 Å². The molecule has 78 valence electrons. The van der Waals surface area contributed by atoms with Gasteiger partial charge in [0, 0.05) is 0 Å². The summed E-state index contributed by atoms with van der Waals surface area (Å²) in [5, 5.41) is 8.81. The molecule has 0 saturated carbocycles. The SMILES string of the molecule is CC(C(=O)O)C1(C)C(=O)OC(=O)C1C. The summed E-state index contributed by atoms with van der Waals surface area (Å²) in [4.78, 5) is 33.2. The number of carboxylic acid groups (broad SMARTS) is 1. The molecule has 0 spiro atoms. The Balaban J connectivity index is 3.09. The molecule has 0 aromatic carbocycles. The number of carbonyl (C=O) groups excluding carboxylic acids is 2. The first-order valence-electron chi connectivity index (χ1n) is 4.30. The number of hydrogen-bond acceptors (Lipinski definition) is 4. The molecule has 5 heteroatoms. The molecule has 0 amide bonds. The highest BCUT2D eigenvalue weighted by molar-refractivity contribution is 6.00. The van der Waals surface area contributed by atoms with E-state index in [0.29, 0.717) is 0 Å². The van der Waals surface area contributed by atoms with Crippen LogP contribution in [0.4, 0.5) is 0 Å². The molecule has 0 radical (unpaired) electrons. The van der Waals surface area contributed by atoms with Gasteiger partial charge in [0.05, 0.1) is 17.3 Å². The summed E-state index contributed by atoms with van der Waals surface area (Å²) in [7, 11) is 0. The van der Waals surface area contributed by atoms with Gasteiger partial charge in [-0.15, -0.1) is 0 Å². The fourth-order valence-electron chi connectivity index (χ4n) is 1.52. The number of carbonyl (C=O) groups is 3. The van der Waals surface area contributed by atoms with Crippen LogP contribution in [0, 0.1) is 17.3 Å². The van der Waals surface area contributed by atoms with Crippen LogP contribution in [0.1, 0.15) is 20.8 Å². The van der Waals surface area contributed by atoms with Crippen LogP contribution in [0.3, 0.4) is 0 Å². The van der Waals surface area contributed by atoms with Gasteiger partial charge in [0.1, 0.15) is 0 Å². The summed E-state index contributed by atoms with van der Waals surface area (Å²) in [5.41, 5.74) is -1.25. The highest BCUT2D eigenvalue weighted by atomic mass is 16.6. The van der Waals surface area contributed by atoms with Gasteiger partial charge in [0.2, 0.25) is 0 Å². The van der Waals surface area contributed by atoms with E-state index in [-0.39, 0.29) is 0 Å².